The predicted molar refractivity (Wildman–Crippen MR) is 84.3 cm³/mol. The maximum absolute atomic E-state index is 13.1. The molecule has 0 radical (unpaired) electrons. The molecule has 0 fully saturated rings. The Morgan fingerprint density at radius 1 is 1.14 bits per heavy atom. The van der Waals surface area contributed by atoms with Crippen LogP contribution in [-0.4, -0.2) is 25.9 Å². The normalized spacial score (nSPS) is 11.4. The van der Waals surface area contributed by atoms with Gasteiger partial charge in [0.15, 0.2) is 9.84 Å². The molecular weight excluding hydrogens is 329 g/mol. The lowest BCUT2D eigenvalue weighted by Gasteiger charge is -2.08. The van der Waals surface area contributed by atoms with Gasteiger partial charge in [0.1, 0.15) is 5.82 Å². The minimum atomic E-state index is -3.44. The first-order valence-electron chi connectivity index (χ1n) is 6.54. The average Bonchev–Trinajstić information content (AvgIpc) is 2.49. The van der Waals surface area contributed by atoms with E-state index in [1.54, 1.807) is 18.2 Å². The lowest BCUT2D eigenvalue weighted by atomic mass is 10.2. The molecule has 0 saturated carbocycles. The van der Waals surface area contributed by atoms with E-state index in [0.29, 0.717) is 6.54 Å². The summed E-state index contributed by atoms with van der Waals surface area (Å²) in [6.07, 6.45) is 0. The number of sulfone groups is 1. The van der Waals surface area contributed by atoms with Crippen LogP contribution in [0.3, 0.4) is 0 Å². The third-order valence-corrected chi connectivity index (χ3v) is 5.05. The smallest absolute Gasteiger partial charge is 0.180 e. The van der Waals surface area contributed by atoms with Gasteiger partial charge in [0, 0.05) is 12.2 Å². The molecule has 2 aromatic carbocycles. The molecule has 7 heteroatoms. The Morgan fingerprint density at radius 3 is 2.41 bits per heavy atom. The zero-order valence-corrected chi connectivity index (χ0v) is 13.2. The lowest BCUT2D eigenvalue weighted by molar-refractivity contribution is 0.319. The second-order valence-electron chi connectivity index (χ2n) is 4.67. The molecule has 0 bridgehead atoms. The summed E-state index contributed by atoms with van der Waals surface area (Å²) in [7, 11) is -3.44. The van der Waals surface area contributed by atoms with E-state index in [1.807, 2.05) is 0 Å². The van der Waals surface area contributed by atoms with E-state index >= 15 is 0 Å². The Hall–Kier alpha value is -1.63. The lowest BCUT2D eigenvalue weighted by Crippen LogP contribution is -2.10. The molecule has 2 aromatic rings. The first-order chi connectivity index (χ1) is 10.4. The van der Waals surface area contributed by atoms with Crippen LogP contribution in [0, 0.1) is 5.82 Å². The van der Waals surface area contributed by atoms with Gasteiger partial charge in [-0.25, -0.2) is 12.8 Å². The van der Waals surface area contributed by atoms with Gasteiger partial charge >= 0.3 is 0 Å². The van der Waals surface area contributed by atoms with Crippen LogP contribution in [0.15, 0.2) is 47.4 Å². The maximum atomic E-state index is 13.1. The van der Waals surface area contributed by atoms with E-state index in [1.165, 1.54) is 24.3 Å². The highest BCUT2D eigenvalue weighted by atomic mass is 35.5. The van der Waals surface area contributed by atoms with Crippen molar-refractivity contribution in [3.63, 3.8) is 0 Å². The summed E-state index contributed by atoms with van der Waals surface area (Å²) in [6, 6.07) is 10.7. The van der Waals surface area contributed by atoms with Gasteiger partial charge in [0.05, 0.1) is 22.3 Å². The van der Waals surface area contributed by atoms with Gasteiger partial charge in [-0.3, -0.25) is 0 Å². The van der Waals surface area contributed by atoms with Crippen LogP contribution in [0.4, 0.5) is 10.1 Å². The number of benzene rings is 2. The van der Waals surface area contributed by atoms with Crippen LogP contribution in [-0.2, 0) is 16.4 Å². The highest BCUT2D eigenvalue weighted by Gasteiger charge is 2.13. The second-order valence-corrected chi connectivity index (χ2v) is 7.19. The molecule has 0 aliphatic heterocycles. The number of halogens is 2. The van der Waals surface area contributed by atoms with Crippen molar-refractivity contribution in [2.75, 3.05) is 17.7 Å². The van der Waals surface area contributed by atoms with Crippen LogP contribution in [0.25, 0.3) is 0 Å². The van der Waals surface area contributed by atoms with Gasteiger partial charge < -0.3 is 10.4 Å². The highest BCUT2D eigenvalue weighted by molar-refractivity contribution is 7.91. The monoisotopic (exact) mass is 343 g/mol. The van der Waals surface area contributed by atoms with E-state index in [9.17, 15) is 12.8 Å². The number of hydrogen-bond acceptors (Lipinski definition) is 4. The molecule has 22 heavy (non-hydrogen) atoms. The molecule has 0 saturated heterocycles. The van der Waals surface area contributed by atoms with E-state index in [0.717, 1.165) is 11.3 Å². The van der Waals surface area contributed by atoms with Crippen molar-refractivity contribution in [3.8, 4) is 0 Å². The summed E-state index contributed by atoms with van der Waals surface area (Å²) < 4.78 is 36.6. The van der Waals surface area contributed by atoms with Crippen LogP contribution in [0.1, 0.15) is 5.56 Å². The largest absolute Gasteiger partial charge is 0.395 e. The molecule has 4 nitrogen and oxygen atoms in total. The Bertz CT molecular complexity index is 748. The molecule has 118 valence electrons. The standard InChI is InChI=1S/C15H15ClFNO3S/c16-14-9-11(1-6-15(14)17)10-18-12-2-4-13(5-3-12)22(20,21)8-7-19/h1-6,9,18-19H,7-8,10H2. The summed E-state index contributed by atoms with van der Waals surface area (Å²) in [6.45, 7) is 0.0242. The summed E-state index contributed by atoms with van der Waals surface area (Å²) in [5.74, 6) is -0.766. The third-order valence-electron chi connectivity index (χ3n) is 3.05. The number of aliphatic hydroxyl groups is 1. The number of anilines is 1. The van der Waals surface area contributed by atoms with Crippen molar-refractivity contribution >= 4 is 27.1 Å². The first-order valence-corrected chi connectivity index (χ1v) is 8.57. The SMILES string of the molecule is O=S(=O)(CCO)c1ccc(NCc2ccc(F)c(Cl)c2)cc1. The maximum Gasteiger partial charge on any atom is 0.180 e. The second kappa shape index (κ2) is 7.09. The van der Waals surface area contributed by atoms with Crippen molar-refractivity contribution in [2.24, 2.45) is 0 Å². The molecule has 0 atom stereocenters. The topological polar surface area (TPSA) is 66.4 Å². The minimum absolute atomic E-state index is 0.0599. The van der Waals surface area contributed by atoms with Gasteiger partial charge in [-0.2, -0.15) is 0 Å². The number of aliphatic hydroxyl groups excluding tert-OH is 1. The average molecular weight is 344 g/mol. The van der Waals surface area contributed by atoms with Gasteiger partial charge in [-0.15, -0.1) is 0 Å². The molecule has 0 aromatic heterocycles. The first kappa shape index (κ1) is 16.7. The molecule has 0 aliphatic rings. The van der Waals surface area contributed by atoms with Crippen molar-refractivity contribution in [3.05, 3.63) is 58.9 Å². The molecule has 0 aliphatic carbocycles. The van der Waals surface area contributed by atoms with Gasteiger partial charge in [-0.05, 0) is 42.0 Å². The van der Waals surface area contributed by atoms with Gasteiger partial charge in [-0.1, -0.05) is 17.7 Å². The van der Waals surface area contributed by atoms with Crippen LogP contribution in [0.2, 0.25) is 5.02 Å². The van der Waals surface area contributed by atoms with Gasteiger partial charge in [0.25, 0.3) is 0 Å². The number of hydrogen-bond donors (Lipinski definition) is 2. The molecule has 0 heterocycles. The van der Waals surface area contributed by atoms with Crippen LogP contribution < -0.4 is 5.32 Å². The fourth-order valence-electron chi connectivity index (χ4n) is 1.87. The Balaban J connectivity index is 2.04. The zero-order valence-electron chi connectivity index (χ0n) is 11.6. The molecule has 0 spiro atoms. The Labute approximate surface area is 133 Å². The van der Waals surface area contributed by atoms with E-state index < -0.39 is 22.3 Å². The molecule has 2 rings (SSSR count). The number of nitrogens with one attached hydrogen (secondary N) is 1. The van der Waals surface area contributed by atoms with Crippen molar-refractivity contribution in [1.29, 1.82) is 0 Å². The molecule has 2 N–H and O–H groups in total. The Morgan fingerprint density at radius 2 is 1.82 bits per heavy atom. The summed E-state index contributed by atoms with van der Waals surface area (Å²) in [5, 5.41) is 11.9. The third kappa shape index (κ3) is 4.19. The van der Waals surface area contributed by atoms with E-state index in [4.69, 9.17) is 16.7 Å². The molecular formula is C15H15ClFNO3S. The van der Waals surface area contributed by atoms with Crippen LogP contribution in [0.5, 0.6) is 0 Å². The minimum Gasteiger partial charge on any atom is -0.395 e. The number of rotatable bonds is 6. The summed E-state index contributed by atoms with van der Waals surface area (Å²) in [5.41, 5.74) is 1.53. The van der Waals surface area contributed by atoms with Crippen LogP contribution >= 0.6 is 11.6 Å². The zero-order chi connectivity index (χ0) is 16.2. The molecule has 0 unspecified atom stereocenters. The van der Waals surface area contributed by atoms with E-state index in [-0.39, 0.29) is 15.7 Å². The highest BCUT2D eigenvalue weighted by Crippen LogP contribution is 2.19. The van der Waals surface area contributed by atoms with Gasteiger partial charge in [0.2, 0.25) is 0 Å². The Kier molecular flexibility index (Phi) is 5.39. The van der Waals surface area contributed by atoms with Crippen molar-refractivity contribution in [1.82, 2.24) is 0 Å². The molecule has 0 amide bonds. The fourth-order valence-corrected chi connectivity index (χ4v) is 3.10. The van der Waals surface area contributed by atoms with Crippen molar-refractivity contribution < 1.29 is 17.9 Å². The van der Waals surface area contributed by atoms with Crippen molar-refractivity contribution in [2.45, 2.75) is 11.4 Å². The predicted octanol–water partition coefficient (Wildman–Crippen LogP) is 2.86. The summed E-state index contributed by atoms with van der Waals surface area (Å²) in [4.78, 5) is 0.164. The summed E-state index contributed by atoms with van der Waals surface area (Å²) >= 11 is 5.71. The van der Waals surface area contributed by atoms with E-state index in [2.05, 4.69) is 5.32 Å². The quantitative estimate of drug-likeness (QED) is 0.846. The fraction of sp³-hybridized carbons (Fsp3) is 0.200.